The zero-order chi connectivity index (χ0) is 22.4. The second-order valence-electron chi connectivity index (χ2n) is 9.12. The van der Waals surface area contributed by atoms with Crippen LogP contribution in [0.4, 0.5) is 10.5 Å². The van der Waals surface area contributed by atoms with Crippen LogP contribution in [-0.4, -0.2) is 71.8 Å². The maximum absolute atomic E-state index is 13.6. The molecule has 0 saturated carbocycles. The second-order valence-corrected chi connectivity index (χ2v) is 9.12. The Labute approximate surface area is 189 Å². The SMILES string of the molecule is Cc1ccc(N2CCCN3C4C(=O)N(CCc5ccccc5)C(=O)N(C)C4NC23)c(C)c1. The van der Waals surface area contributed by atoms with Gasteiger partial charge in [-0.3, -0.25) is 19.9 Å². The molecule has 168 valence electrons. The van der Waals surface area contributed by atoms with Gasteiger partial charge in [0.15, 0.2) is 0 Å². The summed E-state index contributed by atoms with van der Waals surface area (Å²) < 4.78 is 0. The van der Waals surface area contributed by atoms with Crippen LogP contribution in [-0.2, 0) is 11.2 Å². The number of urea groups is 1. The molecule has 3 saturated heterocycles. The Bertz CT molecular complexity index is 1030. The fourth-order valence-corrected chi connectivity index (χ4v) is 5.38. The normalized spacial score (nSPS) is 25.8. The molecule has 3 aliphatic heterocycles. The van der Waals surface area contributed by atoms with Gasteiger partial charge in [0.1, 0.15) is 18.5 Å². The van der Waals surface area contributed by atoms with Gasteiger partial charge in [0.05, 0.1) is 0 Å². The van der Waals surface area contributed by atoms with Gasteiger partial charge >= 0.3 is 6.03 Å². The molecule has 0 bridgehead atoms. The topological polar surface area (TPSA) is 59.1 Å². The lowest BCUT2D eigenvalue weighted by Gasteiger charge is -2.44. The average molecular weight is 434 g/mol. The molecule has 1 N–H and O–H groups in total. The van der Waals surface area contributed by atoms with Crippen LogP contribution in [0, 0.1) is 13.8 Å². The Morgan fingerprint density at radius 1 is 1.03 bits per heavy atom. The summed E-state index contributed by atoms with van der Waals surface area (Å²) in [6.07, 6.45) is 1.21. The first-order valence-electron chi connectivity index (χ1n) is 11.4. The van der Waals surface area contributed by atoms with Gasteiger partial charge in [0, 0.05) is 32.4 Å². The molecule has 2 aromatic carbocycles. The van der Waals surface area contributed by atoms with Crippen molar-refractivity contribution >= 4 is 17.6 Å². The first-order chi connectivity index (χ1) is 15.5. The molecule has 32 heavy (non-hydrogen) atoms. The van der Waals surface area contributed by atoms with Crippen molar-refractivity contribution in [3.63, 3.8) is 0 Å². The first kappa shape index (κ1) is 21.0. The van der Waals surface area contributed by atoms with Crippen LogP contribution >= 0.6 is 0 Å². The maximum Gasteiger partial charge on any atom is 0.327 e. The molecule has 3 amide bonds. The molecule has 3 unspecified atom stereocenters. The number of carbonyl (C=O) groups excluding carboxylic acids is 2. The summed E-state index contributed by atoms with van der Waals surface area (Å²) in [4.78, 5) is 34.4. The molecule has 5 rings (SSSR count). The summed E-state index contributed by atoms with van der Waals surface area (Å²) in [5.41, 5.74) is 4.77. The van der Waals surface area contributed by atoms with Crippen molar-refractivity contribution in [2.45, 2.75) is 45.2 Å². The summed E-state index contributed by atoms with van der Waals surface area (Å²) in [6, 6.07) is 15.9. The summed E-state index contributed by atoms with van der Waals surface area (Å²) in [5.74, 6) is -0.0912. The second kappa shape index (κ2) is 8.22. The van der Waals surface area contributed by atoms with Crippen molar-refractivity contribution in [2.75, 3.05) is 31.6 Å². The van der Waals surface area contributed by atoms with Gasteiger partial charge in [-0.05, 0) is 43.9 Å². The van der Waals surface area contributed by atoms with E-state index < -0.39 is 0 Å². The summed E-state index contributed by atoms with van der Waals surface area (Å²) in [6.45, 7) is 6.39. The predicted octanol–water partition coefficient (Wildman–Crippen LogP) is 2.53. The van der Waals surface area contributed by atoms with Gasteiger partial charge < -0.3 is 9.80 Å². The van der Waals surface area contributed by atoms with E-state index in [0.717, 1.165) is 25.1 Å². The minimum absolute atomic E-state index is 0.0912. The molecule has 3 fully saturated rings. The third kappa shape index (κ3) is 3.45. The van der Waals surface area contributed by atoms with E-state index >= 15 is 0 Å². The number of carbonyl (C=O) groups is 2. The standard InChI is InChI=1S/C25H31N5O2/c1-17-10-11-20(18(2)16-17)28-13-7-14-29-21-22(26-24(28)29)27(3)25(32)30(23(21)31)15-12-19-8-5-4-6-9-19/h4-6,8-11,16,21-22,24,26H,7,12-15H2,1-3H3. The first-order valence-corrected chi connectivity index (χ1v) is 11.4. The molecular formula is C25H31N5O2. The lowest BCUT2D eigenvalue weighted by Crippen LogP contribution is -2.66. The molecule has 3 aliphatic rings. The highest BCUT2D eigenvalue weighted by molar-refractivity contribution is 6.00. The van der Waals surface area contributed by atoms with Gasteiger partial charge in [-0.2, -0.15) is 0 Å². The van der Waals surface area contributed by atoms with Crippen molar-refractivity contribution in [3.8, 4) is 0 Å². The number of nitrogens with zero attached hydrogens (tertiary/aromatic N) is 4. The Balaban J connectivity index is 1.40. The van der Waals surface area contributed by atoms with Gasteiger partial charge in [-0.1, -0.05) is 48.0 Å². The number of likely N-dealkylation sites (N-methyl/N-ethyl adjacent to an activating group) is 1. The number of rotatable bonds is 4. The third-order valence-corrected chi connectivity index (χ3v) is 7.00. The Morgan fingerprint density at radius 3 is 2.56 bits per heavy atom. The number of fused-ring (bicyclic) bond motifs is 3. The van der Waals surface area contributed by atoms with Crippen molar-refractivity contribution in [1.82, 2.24) is 20.0 Å². The summed E-state index contributed by atoms with van der Waals surface area (Å²) >= 11 is 0. The van der Waals surface area contributed by atoms with E-state index in [-0.39, 0.29) is 30.4 Å². The largest absolute Gasteiger partial charge is 0.343 e. The van der Waals surface area contributed by atoms with E-state index in [1.807, 2.05) is 30.3 Å². The number of aryl methyl sites for hydroxylation is 2. The van der Waals surface area contributed by atoms with Crippen LogP contribution in [0.1, 0.15) is 23.1 Å². The number of anilines is 1. The van der Waals surface area contributed by atoms with E-state index in [4.69, 9.17) is 0 Å². The monoisotopic (exact) mass is 433 g/mol. The predicted molar refractivity (Wildman–Crippen MR) is 124 cm³/mol. The zero-order valence-corrected chi connectivity index (χ0v) is 19.0. The third-order valence-electron chi connectivity index (χ3n) is 7.00. The van der Waals surface area contributed by atoms with Crippen molar-refractivity contribution in [3.05, 3.63) is 65.2 Å². The van der Waals surface area contributed by atoms with Crippen LogP contribution in [0.5, 0.6) is 0 Å². The minimum Gasteiger partial charge on any atom is -0.343 e. The molecule has 0 aliphatic carbocycles. The summed E-state index contributed by atoms with van der Waals surface area (Å²) in [5, 5.41) is 3.60. The highest BCUT2D eigenvalue weighted by atomic mass is 16.2. The maximum atomic E-state index is 13.6. The fraction of sp³-hybridized carbons (Fsp3) is 0.440. The van der Waals surface area contributed by atoms with Gasteiger partial charge in [-0.15, -0.1) is 0 Å². The highest BCUT2D eigenvalue weighted by Crippen LogP contribution is 2.34. The molecule has 7 nitrogen and oxygen atoms in total. The molecule has 7 heteroatoms. The zero-order valence-electron chi connectivity index (χ0n) is 19.0. The van der Waals surface area contributed by atoms with Crippen LogP contribution in [0.25, 0.3) is 0 Å². The fourth-order valence-electron chi connectivity index (χ4n) is 5.38. The van der Waals surface area contributed by atoms with Crippen molar-refractivity contribution in [2.24, 2.45) is 0 Å². The number of amides is 3. The van der Waals surface area contributed by atoms with E-state index in [2.05, 4.69) is 47.2 Å². The van der Waals surface area contributed by atoms with E-state index in [1.54, 1.807) is 11.9 Å². The quantitative estimate of drug-likeness (QED) is 0.803. The number of hydrogen-bond acceptors (Lipinski definition) is 5. The Hall–Kier alpha value is -2.90. The highest BCUT2D eigenvalue weighted by Gasteiger charge is 2.56. The van der Waals surface area contributed by atoms with Crippen LogP contribution in [0.3, 0.4) is 0 Å². The van der Waals surface area contributed by atoms with E-state index in [0.29, 0.717) is 13.0 Å². The lowest BCUT2D eigenvalue weighted by atomic mass is 10.1. The molecule has 3 atom stereocenters. The number of hydrogen-bond donors (Lipinski definition) is 1. The van der Waals surface area contributed by atoms with Crippen LogP contribution < -0.4 is 10.2 Å². The molecule has 0 radical (unpaired) electrons. The number of nitrogens with one attached hydrogen (secondary N) is 1. The smallest absolute Gasteiger partial charge is 0.327 e. The molecular weight excluding hydrogens is 402 g/mol. The average Bonchev–Trinajstić information content (AvgIpc) is 3.19. The number of benzene rings is 2. The van der Waals surface area contributed by atoms with E-state index in [9.17, 15) is 9.59 Å². The van der Waals surface area contributed by atoms with Gasteiger partial charge in [0.2, 0.25) is 0 Å². The molecule has 0 aromatic heterocycles. The van der Waals surface area contributed by atoms with Crippen molar-refractivity contribution in [1.29, 1.82) is 0 Å². The Kier molecular flexibility index (Phi) is 5.39. The number of imide groups is 1. The van der Waals surface area contributed by atoms with Crippen LogP contribution in [0.2, 0.25) is 0 Å². The van der Waals surface area contributed by atoms with Gasteiger partial charge in [0.25, 0.3) is 5.91 Å². The minimum atomic E-state index is -0.368. The van der Waals surface area contributed by atoms with Crippen molar-refractivity contribution < 1.29 is 9.59 Å². The lowest BCUT2D eigenvalue weighted by molar-refractivity contribution is -0.138. The Morgan fingerprint density at radius 2 is 1.81 bits per heavy atom. The molecule has 2 aromatic rings. The summed E-state index contributed by atoms with van der Waals surface area (Å²) in [7, 11) is 1.80. The van der Waals surface area contributed by atoms with Gasteiger partial charge in [-0.25, -0.2) is 4.79 Å². The van der Waals surface area contributed by atoms with Crippen LogP contribution in [0.15, 0.2) is 48.5 Å². The van der Waals surface area contributed by atoms with E-state index in [1.165, 1.54) is 21.7 Å². The molecule has 0 spiro atoms. The molecule has 3 heterocycles.